The van der Waals surface area contributed by atoms with Crippen molar-refractivity contribution in [2.24, 2.45) is 0 Å². The average Bonchev–Trinajstić information content (AvgIpc) is 2.77. The van der Waals surface area contributed by atoms with Crippen LogP contribution >= 0.6 is 0 Å². The molecule has 7 nitrogen and oxygen atoms in total. The molecule has 0 bridgehead atoms. The van der Waals surface area contributed by atoms with Crippen LogP contribution in [0.5, 0.6) is 5.88 Å². The van der Waals surface area contributed by atoms with E-state index in [9.17, 15) is 14.9 Å². The number of nitrogens with zero attached hydrogens (tertiary/aromatic N) is 3. The second kappa shape index (κ2) is 8.97. The summed E-state index contributed by atoms with van der Waals surface area (Å²) in [5.74, 6) is 0.132. The van der Waals surface area contributed by atoms with E-state index in [0.717, 1.165) is 5.56 Å². The first kappa shape index (κ1) is 20.0. The quantitative estimate of drug-likeness (QED) is 0.440. The van der Waals surface area contributed by atoms with Gasteiger partial charge in [0.1, 0.15) is 6.61 Å². The van der Waals surface area contributed by atoms with Crippen molar-refractivity contribution >= 4 is 11.6 Å². The molecule has 0 spiro atoms. The topological polar surface area (TPSA) is 85.6 Å². The lowest BCUT2D eigenvalue weighted by Crippen LogP contribution is -2.29. The summed E-state index contributed by atoms with van der Waals surface area (Å²) in [4.78, 5) is 29.2. The van der Waals surface area contributed by atoms with Crippen LogP contribution in [-0.4, -0.2) is 27.8 Å². The highest BCUT2D eigenvalue weighted by atomic mass is 16.6. The summed E-state index contributed by atoms with van der Waals surface area (Å²) in [6.07, 6.45) is 1.53. The van der Waals surface area contributed by atoms with Crippen LogP contribution in [0, 0.1) is 10.1 Å². The van der Waals surface area contributed by atoms with Crippen molar-refractivity contribution in [2.75, 3.05) is 7.05 Å². The summed E-state index contributed by atoms with van der Waals surface area (Å²) >= 11 is 0. The number of amides is 1. The van der Waals surface area contributed by atoms with Gasteiger partial charge in [-0.15, -0.1) is 0 Å². The highest BCUT2D eigenvalue weighted by Crippen LogP contribution is 2.25. The Morgan fingerprint density at radius 2 is 1.90 bits per heavy atom. The summed E-state index contributed by atoms with van der Waals surface area (Å²) in [7, 11) is 1.66. The fourth-order valence-corrected chi connectivity index (χ4v) is 2.85. The summed E-state index contributed by atoms with van der Waals surface area (Å²) in [6.45, 7) is 2.18. The Bertz CT molecular complexity index is 1010. The van der Waals surface area contributed by atoms with Gasteiger partial charge in [-0.25, -0.2) is 4.98 Å². The second-order valence-electron chi connectivity index (χ2n) is 6.60. The molecular formula is C22H21N3O4. The zero-order valence-corrected chi connectivity index (χ0v) is 16.2. The Labute approximate surface area is 168 Å². The zero-order chi connectivity index (χ0) is 20.8. The third kappa shape index (κ3) is 4.95. The Hall–Kier alpha value is -3.74. The number of carbonyl (C=O) groups excluding carboxylic acids is 1. The van der Waals surface area contributed by atoms with Gasteiger partial charge >= 0.3 is 0 Å². The van der Waals surface area contributed by atoms with Crippen LogP contribution in [0.15, 0.2) is 72.9 Å². The maximum Gasteiger partial charge on any atom is 0.269 e. The van der Waals surface area contributed by atoms with Gasteiger partial charge in [0.2, 0.25) is 5.88 Å². The van der Waals surface area contributed by atoms with Crippen molar-refractivity contribution in [1.82, 2.24) is 9.88 Å². The molecule has 0 N–H and O–H groups in total. The predicted molar refractivity (Wildman–Crippen MR) is 109 cm³/mol. The van der Waals surface area contributed by atoms with E-state index in [4.69, 9.17) is 4.74 Å². The maximum atomic E-state index is 12.9. The molecule has 29 heavy (non-hydrogen) atoms. The number of pyridine rings is 1. The van der Waals surface area contributed by atoms with Crippen molar-refractivity contribution in [3.05, 3.63) is 99.7 Å². The minimum Gasteiger partial charge on any atom is -0.473 e. The average molecular weight is 391 g/mol. The number of benzene rings is 2. The molecular weight excluding hydrogens is 370 g/mol. The van der Waals surface area contributed by atoms with Crippen LogP contribution in [-0.2, 0) is 6.61 Å². The number of nitro benzene ring substituents is 1. The normalized spacial score (nSPS) is 11.5. The largest absolute Gasteiger partial charge is 0.473 e. The SMILES string of the molecule is CC(c1cccc([N+](=O)[O-])c1)N(C)C(=O)c1ccnc(OCc2ccccc2)c1. The minimum atomic E-state index is -0.447. The summed E-state index contributed by atoms with van der Waals surface area (Å²) in [6, 6.07) is 18.8. The standard InChI is InChI=1S/C22H21N3O4/c1-16(18-9-6-10-20(13-18)25(27)28)24(2)22(26)19-11-12-23-21(14-19)29-15-17-7-4-3-5-8-17/h3-14,16H,15H2,1-2H3. The van der Waals surface area contributed by atoms with Crippen molar-refractivity contribution in [2.45, 2.75) is 19.6 Å². The molecule has 1 amide bonds. The number of rotatable bonds is 7. The first-order chi connectivity index (χ1) is 14.0. The van der Waals surface area contributed by atoms with Gasteiger partial charge in [-0.1, -0.05) is 42.5 Å². The number of carbonyl (C=O) groups is 1. The molecule has 1 unspecified atom stereocenters. The molecule has 0 aliphatic rings. The second-order valence-corrected chi connectivity index (χ2v) is 6.60. The molecule has 0 radical (unpaired) electrons. The molecule has 3 rings (SSSR count). The lowest BCUT2D eigenvalue weighted by atomic mass is 10.1. The zero-order valence-electron chi connectivity index (χ0n) is 16.2. The number of hydrogen-bond acceptors (Lipinski definition) is 5. The van der Waals surface area contributed by atoms with Gasteiger partial charge in [0.15, 0.2) is 0 Å². The van der Waals surface area contributed by atoms with Gasteiger partial charge in [0.05, 0.1) is 11.0 Å². The Morgan fingerprint density at radius 3 is 2.62 bits per heavy atom. The van der Waals surface area contributed by atoms with E-state index in [2.05, 4.69) is 4.98 Å². The molecule has 1 heterocycles. The van der Waals surface area contributed by atoms with E-state index < -0.39 is 4.92 Å². The first-order valence-electron chi connectivity index (χ1n) is 9.10. The molecule has 1 aromatic heterocycles. The van der Waals surface area contributed by atoms with Gasteiger partial charge in [0.25, 0.3) is 11.6 Å². The molecule has 7 heteroatoms. The molecule has 0 saturated heterocycles. The fraction of sp³-hybridized carbons (Fsp3) is 0.182. The molecule has 0 fully saturated rings. The summed E-state index contributed by atoms with van der Waals surface area (Å²) in [5.41, 5.74) is 2.12. The van der Waals surface area contributed by atoms with Crippen molar-refractivity contribution < 1.29 is 14.5 Å². The third-order valence-electron chi connectivity index (χ3n) is 4.68. The summed E-state index contributed by atoms with van der Waals surface area (Å²) < 4.78 is 5.69. The monoisotopic (exact) mass is 391 g/mol. The highest BCUT2D eigenvalue weighted by Gasteiger charge is 2.21. The van der Waals surface area contributed by atoms with Crippen LogP contribution in [0.1, 0.15) is 34.5 Å². The van der Waals surface area contributed by atoms with Crippen molar-refractivity contribution in [1.29, 1.82) is 0 Å². The smallest absolute Gasteiger partial charge is 0.269 e. The minimum absolute atomic E-state index is 0.00397. The van der Waals surface area contributed by atoms with Gasteiger partial charge in [0, 0.05) is 37.0 Å². The van der Waals surface area contributed by atoms with Crippen LogP contribution in [0.4, 0.5) is 5.69 Å². The number of ether oxygens (including phenoxy) is 1. The molecule has 2 aromatic carbocycles. The van der Waals surface area contributed by atoms with E-state index in [1.165, 1.54) is 23.2 Å². The Morgan fingerprint density at radius 1 is 1.14 bits per heavy atom. The van der Waals surface area contributed by atoms with Gasteiger partial charge < -0.3 is 9.64 Å². The van der Waals surface area contributed by atoms with Crippen LogP contribution in [0.2, 0.25) is 0 Å². The molecule has 0 aliphatic heterocycles. The third-order valence-corrected chi connectivity index (χ3v) is 4.68. The highest BCUT2D eigenvalue weighted by molar-refractivity contribution is 5.94. The van der Waals surface area contributed by atoms with E-state index in [0.29, 0.717) is 23.6 Å². The van der Waals surface area contributed by atoms with Crippen molar-refractivity contribution in [3.63, 3.8) is 0 Å². The number of non-ortho nitro benzene ring substituents is 1. The lowest BCUT2D eigenvalue weighted by Gasteiger charge is -2.25. The van der Waals surface area contributed by atoms with Gasteiger partial charge in [-0.2, -0.15) is 0 Å². The maximum absolute atomic E-state index is 12.9. The van der Waals surface area contributed by atoms with Crippen LogP contribution in [0.3, 0.4) is 0 Å². The lowest BCUT2D eigenvalue weighted by molar-refractivity contribution is -0.384. The summed E-state index contributed by atoms with van der Waals surface area (Å²) in [5, 5.41) is 11.0. The van der Waals surface area contributed by atoms with Gasteiger partial charge in [-0.05, 0) is 24.1 Å². The van der Waals surface area contributed by atoms with E-state index >= 15 is 0 Å². The van der Waals surface area contributed by atoms with E-state index in [1.54, 1.807) is 31.3 Å². The molecule has 0 saturated carbocycles. The molecule has 0 aliphatic carbocycles. The van der Waals surface area contributed by atoms with Crippen LogP contribution in [0.25, 0.3) is 0 Å². The number of nitro groups is 1. The van der Waals surface area contributed by atoms with E-state index in [1.807, 2.05) is 37.3 Å². The number of hydrogen-bond donors (Lipinski definition) is 0. The van der Waals surface area contributed by atoms with Crippen molar-refractivity contribution in [3.8, 4) is 5.88 Å². The van der Waals surface area contributed by atoms with Gasteiger partial charge in [-0.3, -0.25) is 14.9 Å². The fourth-order valence-electron chi connectivity index (χ4n) is 2.85. The van der Waals surface area contributed by atoms with E-state index in [-0.39, 0.29) is 17.6 Å². The first-order valence-corrected chi connectivity index (χ1v) is 9.10. The molecule has 1 atom stereocenters. The number of aromatic nitrogens is 1. The molecule has 148 valence electrons. The Kier molecular flexibility index (Phi) is 6.19. The van der Waals surface area contributed by atoms with Crippen LogP contribution < -0.4 is 4.74 Å². The predicted octanol–water partition coefficient (Wildman–Crippen LogP) is 4.40. The Balaban J connectivity index is 1.72. The molecule has 3 aromatic rings.